The Bertz CT molecular complexity index is 1040. The van der Waals surface area contributed by atoms with E-state index in [1.165, 1.54) is 17.7 Å². The number of anilines is 1. The fourth-order valence-electron chi connectivity index (χ4n) is 5.16. The van der Waals surface area contributed by atoms with Crippen LogP contribution in [-0.4, -0.2) is 43.5 Å². The fraction of sp³-hybridized carbons (Fsp3) is 0.440. The standard InChI is InChI=1S/C25H27F3N4O/c1-30-23(33)22-14-24(9-11-31(12-10-24)16-18-5-3-2-4-6-18)17-32(22)20-8-7-19(15-29)21(13-20)25(26,27)28/h2-8,13,22H,9-12,14,16-17H2,1H3,(H,30,33). The molecular formula is C25H27F3N4O. The van der Waals surface area contributed by atoms with E-state index in [4.69, 9.17) is 5.26 Å². The molecule has 2 fully saturated rings. The normalized spacial score (nSPS) is 20.6. The van der Waals surface area contributed by atoms with E-state index in [0.717, 1.165) is 38.5 Å². The summed E-state index contributed by atoms with van der Waals surface area (Å²) >= 11 is 0. The second-order valence-electron chi connectivity index (χ2n) is 9.06. The van der Waals surface area contributed by atoms with Crippen LogP contribution in [0.4, 0.5) is 18.9 Å². The van der Waals surface area contributed by atoms with Crippen molar-refractivity contribution in [1.82, 2.24) is 10.2 Å². The molecule has 174 valence electrons. The van der Waals surface area contributed by atoms with Gasteiger partial charge in [-0.25, -0.2) is 0 Å². The summed E-state index contributed by atoms with van der Waals surface area (Å²) in [5.74, 6) is -0.198. The van der Waals surface area contributed by atoms with E-state index >= 15 is 0 Å². The van der Waals surface area contributed by atoms with Gasteiger partial charge < -0.3 is 10.2 Å². The van der Waals surface area contributed by atoms with Crippen molar-refractivity contribution in [2.24, 2.45) is 5.41 Å². The second-order valence-corrected chi connectivity index (χ2v) is 9.06. The van der Waals surface area contributed by atoms with Crippen LogP contribution >= 0.6 is 0 Å². The lowest BCUT2D eigenvalue weighted by Gasteiger charge is -2.39. The zero-order chi connectivity index (χ0) is 23.6. The Balaban J connectivity index is 1.55. The Hall–Kier alpha value is -3.05. The first-order valence-corrected chi connectivity index (χ1v) is 11.1. The number of nitrogens with one attached hydrogen (secondary N) is 1. The van der Waals surface area contributed by atoms with Crippen LogP contribution in [0.2, 0.25) is 0 Å². The molecule has 2 aromatic carbocycles. The number of amides is 1. The molecule has 1 atom stereocenters. The van der Waals surface area contributed by atoms with Gasteiger partial charge in [-0.3, -0.25) is 9.69 Å². The minimum Gasteiger partial charge on any atom is -0.359 e. The lowest BCUT2D eigenvalue weighted by atomic mass is 9.76. The van der Waals surface area contributed by atoms with Crippen molar-refractivity contribution in [2.75, 3.05) is 31.6 Å². The number of alkyl halides is 3. The highest BCUT2D eigenvalue weighted by Gasteiger charge is 2.48. The fourth-order valence-corrected chi connectivity index (χ4v) is 5.16. The predicted molar refractivity (Wildman–Crippen MR) is 119 cm³/mol. The summed E-state index contributed by atoms with van der Waals surface area (Å²) in [6, 6.07) is 15.1. The third kappa shape index (κ3) is 4.83. The maximum absolute atomic E-state index is 13.5. The molecule has 1 amide bonds. The Labute approximate surface area is 191 Å². The van der Waals surface area contributed by atoms with E-state index < -0.39 is 23.3 Å². The Kier molecular flexibility index (Phi) is 6.35. The van der Waals surface area contributed by atoms with Gasteiger partial charge in [0.1, 0.15) is 6.04 Å². The molecule has 1 N–H and O–H groups in total. The lowest BCUT2D eigenvalue weighted by molar-refractivity contribution is -0.137. The van der Waals surface area contributed by atoms with Gasteiger partial charge in [-0.1, -0.05) is 30.3 Å². The molecule has 1 unspecified atom stereocenters. The average molecular weight is 457 g/mol. The van der Waals surface area contributed by atoms with Gasteiger partial charge in [0.15, 0.2) is 0 Å². The Morgan fingerprint density at radius 1 is 1.18 bits per heavy atom. The largest absolute Gasteiger partial charge is 0.417 e. The number of carbonyl (C=O) groups excluding carboxylic acids is 1. The number of hydrogen-bond donors (Lipinski definition) is 1. The molecule has 8 heteroatoms. The van der Waals surface area contributed by atoms with Gasteiger partial charge in [-0.2, -0.15) is 18.4 Å². The molecule has 0 saturated carbocycles. The monoisotopic (exact) mass is 456 g/mol. The van der Waals surface area contributed by atoms with Crippen LogP contribution in [-0.2, 0) is 17.5 Å². The number of nitriles is 1. The smallest absolute Gasteiger partial charge is 0.359 e. The molecule has 0 radical (unpaired) electrons. The maximum Gasteiger partial charge on any atom is 0.417 e. The molecule has 1 spiro atoms. The van der Waals surface area contributed by atoms with Crippen LogP contribution < -0.4 is 10.2 Å². The van der Waals surface area contributed by atoms with Crippen molar-refractivity contribution in [3.05, 3.63) is 65.2 Å². The SMILES string of the molecule is CNC(=O)C1CC2(CCN(Cc3ccccc3)CC2)CN1c1ccc(C#N)c(C(F)(F)F)c1. The number of hydrogen-bond acceptors (Lipinski definition) is 4. The number of likely N-dealkylation sites (tertiary alicyclic amines) is 1. The Morgan fingerprint density at radius 2 is 1.88 bits per heavy atom. The predicted octanol–water partition coefficient (Wildman–Crippen LogP) is 4.18. The van der Waals surface area contributed by atoms with Gasteiger partial charge >= 0.3 is 6.18 Å². The van der Waals surface area contributed by atoms with E-state index in [-0.39, 0.29) is 11.3 Å². The molecule has 33 heavy (non-hydrogen) atoms. The summed E-state index contributed by atoms with van der Waals surface area (Å²) in [7, 11) is 1.55. The molecule has 2 aromatic rings. The highest BCUT2D eigenvalue weighted by molar-refractivity contribution is 5.86. The number of nitrogens with zero attached hydrogens (tertiary/aromatic N) is 3. The highest BCUT2D eigenvalue weighted by atomic mass is 19.4. The van der Waals surface area contributed by atoms with E-state index in [0.29, 0.717) is 18.7 Å². The number of carbonyl (C=O) groups is 1. The zero-order valence-electron chi connectivity index (χ0n) is 18.5. The van der Waals surface area contributed by atoms with Crippen LogP contribution in [0.5, 0.6) is 0 Å². The molecule has 5 nitrogen and oxygen atoms in total. The molecule has 0 bridgehead atoms. The highest BCUT2D eigenvalue weighted by Crippen LogP contribution is 2.46. The van der Waals surface area contributed by atoms with Gasteiger partial charge in [0.2, 0.25) is 5.91 Å². The van der Waals surface area contributed by atoms with Crippen molar-refractivity contribution in [3.8, 4) is 6.07 Å². The molecule has 4 rings (SSSR count). The summed E-state index contributed by atoms with van der Waals surface area (Å²) in [4.78, 5) is 16.9. The molecule has 2 heterocycles. The first-order valence-electron chi connectivity index (χ1n) is 11.1. The van der Waals surface area contributed by atoms with Crippen LogP contribution in [0.1, 0.15) is 36.0 Å². The lowest BCUT2D eigenvalue weighted by Crippen LogP contribution is -2.42. The first kappa shape index (κ1) is 23.1. The first-order chi connectivity index (χ1) is 15.7. The molecule has 2 aliphatic rings. The number of likely N-dealkylation sites (N-methyl/N-ethyl adjacent to an activating group) is 1. The summed E-state index contributed by atoms with van der Waals surface area (Å²) < 4.78 is 40.6. The number of benzene rings is 2. The average Bonchev–Trinajstić information content (AvgIpc) is 3.19. The van der Waals surface area contributed by atoms with Gasteiger partial charge in [0.25, 0.3) is 0 Å². The number of piperidine rings is 1. The minimum atomic E-state index is -4.64. The quantitative estimate of drug-likeness (QED) is 0.750. The third-order valence-corrected chi connectivity index (χ3v) is 6.98. The van der Waals surface area contributed by atoms with Crippen molar-refractivity contribution < 1.29 is 18.0 Å². The summed E-state index contributed by atoms with van der Waals surface area (Å²) in [6.07, 6.45) is -2.27. The summed E-state index contributed by atoms with van der Waals surface area (Å²) in [5.41, 5.74) is 0.0830. The van der Waals surface area contributed by atoms with Crippen LogP contribution in [0.25, 0.3) is 0 Å². The molecule has 2 aliphatic heterocycles. The van der Waals surface area contributed by atoms with E-state index in [1.54, 1.807) is 18.0 Å². The van der Waals surface area contributed by atoms with Crippen molar-refractivity contribution in [1.29, 1.82) is 5.26 Å². The molecule has 2 saturated heterocycles. The number of rotatable bonds is 4. The van der Waals surface area contributed by atoms with Crippen LogP contribution in [0.15, 0.2) is 48.5 Å². The van der Waals surface area contributed by atoms with E-state index in [2.05, 4.69) is 22.3 Å². The van der Waals surface area contributed by atoms with Crippen molar-refractivity contribution in [3.63, 3.8) is 0 Å². The molecule has 0 aromatic heterocycles. The van der Waals surface area contributed by atoms with Crippen LogP contribution in [0.3, 0.4) is 0 Å². The summed E-state index contributed by atoms with van der Waals surface area (Å²) in [5, 5.41) is 11.8. The van der Waals surface area contributed by atoms with Gasteiger partial charge in [0.05, 0.1) is 17.2 Å². The van der Waals surface area contributed by atoms with Crippen molar-refractivity contribution >= 4 is 11.6 Å². The minimum absolute atomic E-state index is 0.128. The van der Waals surface area contributed by atoms with Crippen LogP contribution in [0, 0.1) is 16.7 Å². The van der Waals surface area contributed by atoms with E-state index in [9.17, 15) is 18.0 Å². The van der Waals surface area contributed by atoms with Crippen molar-refractivity contribution in [2.45, 2.75) is 38.0 Å². The third-order valence-electron chi connectivity index (χ3n) is 6.98. The summed E-state index contributed by atoms with van der Waals surface area (Å²) in [6.45, 7) is 3.15. The van der Waals surface area contributed by atoms with E-state index in [1.807, 2.05) is 18.2 Å². The molecular weight excluding hydrogens is 429 g/mol. The molecule has 0 aliphatic carbocycles. The maximum atomic E-state index is 13.5. The van der Waals surface area contributed by atoms with Gasteiger partial charge in [-0.15, -0.1) is 0 Å². The number of halogens is 3. The van der Waals surface area contributed by atoms with Gasteiger partial charge in [-0.05, 0) is 61.5 Å². The zero-order valence-corrected chi connectivity index (χ0v) is 18.5. The van der Waals surface area contributed by atoms with Gasteiger partial charge in [0, 0.05) is 25.8 Å². The topological polar surface area (TPSA) is 59.4 Å². The second kappa shape index (κ2) is 9.06. The Morgan fingerprint density at radius 3 is 2.48 bits per heavy atom.